The summed E-state index contributed by atoms with van der Waals surface area (Å²) in [5.41, 5.74) is 4.04. The van der Waals surface area contributed by atoms with Gasteiger partial charge in [-0.05, 0) is 113 Å². The van der Waals surface area contributed by atoms with Crippen LogP contribution < -0.4 is 31.9 Å². The maximum Gasteiger partial charge on any atom is 0.338 e. The fourth-order valence-corrected chi connectivity index (χ4v) is 7.65. The van der Waals surface area contributed by atoms with E-state index in [0.717, 1.165) is 87.8 Å². The maximum atomic E-state index is 13.1. The van der Waals surface area contributed by atoms with E-state index in [4.69, 9.17) is 9.47 Å². The van der Waals surface area contributed by atoms with Gasteiger partial charge in [-0.2, -0.15) is 0 Å². The quantitative estimate of drug-likeness (QED) is 0.0212. The summed E-state index contributed by atoms with van der Waals surface area (Å²) >= 11 is 0. The number of nitrogens with one attached hydrogen (secondary N) is 6. The van der Waals surface area contributed by atoms with Crippen LogP contribution in [0.5, 0.6) is 0 Å². The van der Waals surface area contributed by atoms with Crippen molar-refractivity contribution in [3.63, 3.8) is 0 Å². The zero-order valence-corrected chi connectivity index (χ0v) is 39.7. The van der Waals surface area contributed by atoms with E-state index in [9.17, 15) is 14.7 Å². The minimum absolute atomic E-state index is 0.121. The van der Waals surface area contributed by atoms with Crippen molar-refractivity contribution in [3.05, 3.63) is 89.5 Å². The standard InChI is InChI=1S/C51H81N7O5/c1-9-14-17-18-19-34-58-49(53-43-30-24-40(25-31-43)46(60)62-35-37(12-4)20-15-10-2)55-48(52-42-28-22-39(23-29-42)45(59)57-51(6,7)8)56-50(58)54-44-32-26-41(27-33-44)47(61)63-36-38(13-5)21-16-11-3/h22-33,37-38,46,48-50,52-56,60H,9-21,34-36H2,1-8H3,(H,57,59). The number of hydrogen-bond donors (Lipinski definition) is 7. The highest BCUT2D eigenvalue weighted by Gasteiger charge is 2.35. The third-order valence-electron chi connectivity index (χ3n) is 11.7. The molecule has 1 fully saturated rings. The largest absolute Gasteiger partial charge is 0.462 e. The highest BCUT2D eigenvalue weighted by Crippen LogP contribution is 2.24. The molecule has 1 aliphatic heterocycles. The lowest BCUT2D eigenvalue weighted by molar-refractivity contribution is -0.114. The van der Waals surface area contributed by atoms with Gasteiger partial charge in [0.05, 0.1) is 18.8 Å². The first-order valence-electron chi connectivity index (χ1n) is 24.0. The number of carbonyl (C=O) groups is 2. The number of esters is 1. The minimum atomic E-state index is -0.994. The second-order valence-electron chi connectivity index (χ2n) is 18.3. The average molecular weight is 872 g/mol. The van der Waals surface area contributed by atoms with Crippen molar-refractivity contribution in [1.82, 2.24) is 20.9 Å². The number of nitrogens with zero attached hydrogens (tertiary/aromatic N) is 1. The third kappa shape index (κ3) is 18.1. The van der Waals surface area contributed by atoms with E-state index in [1.807, 2.05) is 93.6 Å². The van der Waals surface area contributed by atoms with Crippen LogP contribution in [-0.2, 0) is 9.47 Å². The number of carbonyl (C=O) groups excluding carboxylic acids is 2. The van der Waals surface area contributed by atoms with E-state index in [0.29, 0.717) is 41.7 Å². The summed E-state index contributed by atoms with van der Waals surface area (Å²) in [6, 6.07) is 22.8. The summed E-state index contributed by atoms with van der Waals surface area (Å²) in [4.78, 5) is 28.3. The molecule has 1 saturated heterocycles. The van der Waals surface area contributed by atoms with E-state index >= 15 is 0 Å². The van der Waals surface area contributed by atoms with Gasteiger partial charge in [0.1, 0.15) is 18.9 Å². The van der Waals surface area contributed by atoms with Crippen LogP contribution in [0.15, 0.2) is 72.8 Å². The first kappa shape index (κ1) is 51.4. The van der Waals surface area contributed by atoms with Gasteiger partial charge < -0.3 is 35.8 Å². The van der Waals surface area contributed by atoms with Crippen LogP contribution in [0.3, 0.4) is 0 Å². The monoisotopic (exact) mass is 872 g/mol. The Morgan fingerprint density at radius 1 is 0.651 bits per heavy atom. The first-order valence-corrected chi connectivity index (χ1v) is 24.0. The van der Waals surface area contributed by atoms with E-state index in [-0.39, 0.29) is 30.0 Å². The topological polar surface area (TPSA) is 148 Å². The van der Waals surface area contributed by atoms with E-state index in [1.165, 1.54) is 19.3 Å². The van der Waals surface area contributed by atoms with Crippen molar-refractivity contribution < 1.29 is 24.2 Å². The Morgan fingerprint density at radius 3 is 1.67 bits per heavy atom. The molecule has 0 radical (unpaired) electrons. The van der Waals surface area contributed by atoms with Crippen molar-refractivity contribution in [2.24, 2.45) is 11.8 Å². The molecule has 3 aromatic carbocycles. The van der Waals surface area contributed by atoms with Crippen molar-refractivity contribution in [1.29, 1.82) is 0 Å². The minimum Gasteiger partial charge on any atom is -0.462 e. The van der Waals surface area contributed by atoms with Gasteiger partial charge >= 0.3 is 5.97 Å². The van der Waals surface area contributed by atoms with E-state index in [1.54, 1.807) is 0 Å². The van der Waals surface area contributed by atoms with Crippen LogP contribution in [0.2, 0.25) is 0 Å². The Bertz CT molecular complexity index is 1730. The molecule has 0 saturated carbocycles. The Hall–Kier alpha value is -4.20. The molecule has 0 aliphatic carbocycles. The number of aliphatic hydroxyl groups excluding tert-OH is 1. The Labute approximate surface area is 379 Å². The number of amides is 1. The lowest BCUT2D eigenvalue weighted by atomic mass is 10.0. The predicted octanol–water partition coefficient (Wildman–Crippen LogP) is 10.8. The molecule has 6 unspecified atom stereocenters. The highest BCUT2D eigenvalue weighted by molar-refractivity contribution is 5.95. The third-order valence-corrected chi connectivity index (χ3v) is 11.7. The zero-order chi connectivity index (χ0) is 45.6. The molecule has 63 heavy (non-hydrogen) atoms. The molecular formula is C51H81N7O5. The number of unbranched alkanes of at least 4 members (excludes halogenated alkanes) is 6. The van der Waals surface area contributed by atoms with Crippen LogP contribution in [0.1, 0.15) is 171 Å². The normalized spacial score (nSPS) is 18.3. The van der Waals surface area contributed by atoms with Crippen molar-refractivity contribution >= 4 is 28.9 Å². The van der Waals surface area contributed by atoms with Crippen LogP contribution >= 0.6 is 0 Å². The summed E-state index contributed by atoms with van der Waals surface area (Å²) < 4.78 is 11.7. The van der Waals surface area contributed by atoms with Crippen LogP contribution in [0, 0.1) is 11.8 Å². The molecular weight excluding hydrogens is 791 g/mol. The van der Waals surface area contributed by atoms with Gasteiger partial charge in [-0.15, -0.1) is 0 Å². The smallest absolute Gasteiger partial charge is 0.338 e. The summed E-state index contributed by atoms with van der Waals surface area (Å²) in [5.74, 6) is 0.384. The number of hydrogen-bond acceptors (Lipinski definition) is 11. The molecule has 0 bridgehead atoms. The Balaban J connectivity index is 1.56. The summed E-state index contributed by atoms with van der Waals surface area (Å²) in [5, 5.41) is 32.5. The lowest BCUT2D eigenvalue weighted by Crippen LogP contribution is -2.74. The average Bonchev–Trinajstić information content (AvgIpc) is 3.27. The summed E-state index contributed by atoms with van der Waals surface area (Å²) in [7, 11) is 0. The zero-order valence-electron chi connectivity index (χ0n) is 39.7. The number of aliphatic hydroxyl groups is 1. The van der Waals surface area contributed by atoms with E-state index < -0.39 is 12.6 Å². The van der Waals surface area contributed by atoms with Gasteiger partial charge in [0, 0.05) is 40.3 Å². The molecule has 1 aliphatic rings. The van der Waals surface area contributed by atoms with Gasteiger partial charge in [-0.25, -0.2) is 9.69 Å². The number of anilines is 3. The van der Waals surface area contributed by atoms with E-state index in [2.05, 4.69) is 71.4 Å². The molecule has 12 nitrogen and oxygen atoms in total. The molecule has 1 heterocycles. The van der Waals surface area contributed by atoms with Crippen LogP contribution in [0.4, 0.5) is 17.1 Å². The molecule has 0 aromatic heterocycles. The van der Waals surface area contributed by atoms with Crippen molar-refractivity contribution in [3.8, 4) is 0 Å². The van der Waals surface area contributed by atoms with Gasteiger partial charge in [-0.1, -0.05) is 111 Å². The SMILES string of the molecule is CCCCCCCN1C(Nc2ccc(C(=O)OCC(CC)CCCC)cc2)NC(Nc2ccc(C(=O)NC(C)(C)C)cc2)NC1Nc1ccc(C(O)OCC(CC)CCCC)cc1. The second-order valence-corrected chi connectivity index (χ2v) is 18.3. The van der Waals surface area contributed by atoms with Gasteiger partial charge in [-0.3, -0.25) is 15.4 Å². The molecule has 1 amide bonds. The number of benzene rings is 3. The van der Waals surface area contributed by atoms with Crippen LogP contribution in [0.25, 0.3) is 0 Å². The van der Waals surface area contributed by atoms with Crippen molar-refractivity contribution in [2.45, 2.75) is 170 Å². The Kier molecular flexibility index (Phi) is 22.2. The molecule has 0 spiro atoms. The summed E-state index contributed by atoms with van der Waals surface area (Å²) in [6.07, 6.45) is 12.3. The number of ether oxygens (including phenoxy) is 2. The molecule has 350 valence electrons. The Morgan fingerprint density at radius 2 is 1.14 bits per heavy atom. The second kappa shape index (κ2) is 27.2. The molecule has 7 N–H and O–H groups in total. The molecule has 12 heteroatoms. The lowest BCUT2D eigenvalue weighted by Gasteiger charge is -2.47. The predicted molar refractivity (Wildman–Crippen MR) is 258 cm³/mol. The molecule has 6 atom stereocenters. The van der Waals surface area contributed by atoms with Gasteiger partial charge in [0.2, 0.25) is 0 Å². The summed E-state index contributed by atoms with van der Waals surface area (Å²) in [6.45, 7) is 18.6. The first-order chi connectivity index (χ1) is 30.4. The maximum absolute atomic E-state index is 13.1. The van der Waals surface area contributed by atoms with Gasteiger partial charge in [0.25, 0.3) is 5.91 Å². The highest BCUT2D eigenvalue weighted by atomic mass is 16.6. The fraction of sp³-hybridized carbons (Fsp3) is 0.608. The molecule has 4 rings (SSSR count). The fourth-order valence-electron chi connectivity index (χ4n) is 7.65. The van der Waals surface area contributed by atoms with Crippen molar-refractivity contribution in [2.75, 3.05) is 35.7 Å². The van der Waals surface area contributed by atoms with Gasteiger partial charge in [0.15, 0.2) is 6.29 Å². The number of rotatable bonds is 28. The molecule has 3 aromatic rings. The van der Waals surface area contributed by atoms with Crippen LogP contribution in [-0.4, -0.2) is 66.0 Å².